The Morgan fingerprint density at radius 1 is 1.23 bits per heavy atom. The summed E-state index contributed by atoms with van der Waals surface area (Å²) < 4.78 is 12.1. The summed E-state index contributed by atoms with van der Waals surface area (Å²) >= 11 is 0. The molecule has 39 heavy (non-hydrogen) atoms. The van der Waals surface area contributed by atoms with Crippen LogP contribution >= 0.6 is 0 Å². The largest absolute Gasteiger partial charge is 0.461 e. The van der Waals surface area contributed by atoms with Crippen LogP contribution in [0.1, 0.15) is 51.5 Å². The lowest BCUT2D eigenvalue weighted by atomic mass is 9.66. The van der Waals surface area contributed by atoms with Crippen molar-refractivity contribution in [3.8, 4) is 0 Å². The third-order valence-corrected chi connectivity index (χ3v) is 8.66. The van der Waals surface area contributed by atoms with Crippen LogP contribution in [0.3, 0.4) is 0 Å². The fourth-order valence-electron chi connectivity index (χ4n) is 6.93. The lowest BCUT2D eigenvalue weighted by Crippen LogP contribution is -2.59. The topological polar surface area (TPSA) is 96.4 Å². The highest BCUT2D eigenvalue weighted by atomic mass is 16.6. The number of carbonyl (C=O) groups excluding carboxylic acids is 3. The zero-order chi connectivity index (χ0) is 28.2. The first-order chi connectivity index (χ1) is 18.8. The molecule has 0 saturated carbocycles. The second-order valence-corrected chi connectivity index (χ2v) is 11.2. The number of amides is 2. The SMILES string of the molecule is C=CCOC(=O)[C@H]1[C@H]2C(=O)N([C@@H](CO)Cc3ccccc3)C(C(=O)N(CC=C)CCCCC)C23CC[C@]1(C)O3. The molecule has 8 heteroatoms. The molecule has 3 heterocycles. The molecule has 1 spiro atoms. The number of ether oxygens (including phenoxy) is 2. The first-order valence-electron chi connectivity index (χ1n) is 14.1. The minimum Gasteiger partial charge on any atom is -0.461 e. The van der Waals surface area contributed by atoms with E-state index in [0.29, 0.717) is 32.4 Å². The number of aliphatic hydroxyl groups is 1. The van der Waals surface area contributed by atoms with E-state index in [0.717, 1.165) is 24.8 Å². The molecule has 1 aromatic carbocycles. The third kappa shape index (κ3) is 5.16. The molecule has 0 aromatic heterocycles. The van der Waals surface area contributed by atoms with Gasteiger partial charge in [-0.3, -0.25) is 14.4 Å². The Hall–Kier alpha value is -2.97. The van der Waals surface area contributed by atoms with E-state index in [-0.39, 0.29) is 25.0 Å². The summed E-state index contributed by atoms with van der Waals surface area (Å²) in [5.41, 5.74) is -1.15. The molecule has 2 unspecified atom stereocenters. The molecule has 3 saturated heterocycles. The van der Waals surface area contributed by atoms with Crippen LogP contribution in [0, 0.1) is 11.8 Å². The number of hydrogen-bond donors (Lipinski definition) is 1. The van der Waals surface area contributed by atoms with Crippen LogP contribution in [-0.4, -0.2) is 82.3 Å². The summed E-state index contributed by atoms with van der Waals surface area (Å²) in [4.78, 5) is 45.4. The van der Waals surface area contributed by atoms with Gasteiger partial charge >= 0.3 is 5.97 Å². The summed E-state index contributed by atoms with van der Waals surface area (Å²) in [6, 6.07) is 7.97. The van der Waals surface area contributed by atoms with E-state index >= 15 is 0 Å². The smallest absolute Gasteiger partial charge is 0.313 e. The second kappa shape index (κ2) is 12.0. The maximum atomic E-state index is 14.4. The Kier molecular flexibility index (Phi) is 8.96. The van der Waals surface area contributed by atoms with Gasteiger partial charge in [0.15, 0.2) is 0 Å². The molecular formula is C31H42N2O6. The minimum atomic E-state index is -1.17. The predicted molar refractivity (Wildman–Crippen MR) is 148 cm³/mol. The van der Waals surface area contributed by atoms with Crippen LogP contribution in [-0.2, 0) is 30.3 Å². The van der Waals surface area contributed by atoms with E-state index < -0.39 is 41.1 Å². The van der Waals surface area contributed by atoms with Crippen LogP contribution in [0.2, 0.25) is 0 Å². The van der Waals surface area contributed by atoms with Gasteiger partial charge in [0, 0.05) is 13.1 Å². The average molecular weight is 539 g/mol. The Labute approximate surface area is 231 Å². The van der Waals surface area contributed by atoms with Gasteiger partial charge in [0.1, 0.15) is 24.2 Å². The molecule has 0 radical (unpaired) electrons. The number of carbonyl (C=O) groups is 3. The number of hydrogen-bond acceptors (Lipinski definition) is 6. The summed E-state index contributed by atoms with van der Waals surface area (Å²) in [5, 5.41) is 10.6. The Morgan fingerprint density at radius 3 is 2.62 bits per heavy atom. The molecule has 8 nitrogen and oxygen atoms in total. The summed E-state index contributed by atoms with van der Waals surface area (Å²) in [5.74, 6) is -2.78. The van der Waals surface area contributed by atoms with Crippen molar-refractivity contribution in [1.82, 2.24) is 9.80 Å². The van der Waals surface area contributed by atoms with E-state index in [4.69, 9.17) is 9.47 Å². The lowest BCUT2D eigenvalue weighted by Gasteiger charge is -2.39. The van der Waals surface area contributed by atoms with Gasteiger partial charge in [0.25, 0.3) is 0 Å². The van der Waals surface area contributed by atoms with Crippen molar-refractivity contribution in [3.05, 3.63) is 61.2 Å². The van der Waals surface area contributed by atoms with E-state index in [9.17, 15) is 19.5 Å². The number of likely N-dealkylation sites (tertiary alicyclic amines) is 1. The maximum Gasteiger partial charge on any atom is 0.313 e. The van der Waals surface area contributed by atoms with Crippen molar-refractivity contribution >= 4 is 17.8 Å². The van der Waals surface area contributed by atoms with E-state index in [1.54, 1.807) is 11.0 Å². The Bertz CT molecular complexity index is 1080. The van der Waals surface area contributed by atoms with Crippen molar-refractivity contribution in [2.75, 3.05) is 26.3 Å². The average Bonchev–Trinajstić information content (AvgIpc) is 3.51. The molecule has 3 aliphatic rings. The standard InChI is InChI=1S/C31H42N2O6/c1-5-8-12-18-32(17-6-2)28(36)26-31-16-15-30(4,39-31)25(29(37)38-19-7-3)24(31)27(35)33(26)23(21-34)20-22-13-10-9-11-14-22/h6-7,9-11,13-14,23-26,34H,2-3,5,8,12,15-21H2,1,4H3/t23-,24+,25-,26?,30+,31?/m1/s1. The lowest BCUT2D eigenvalue weighted by molar-refractivity contribution is -0.161. The number of esters is 1. The highest BCUT2D eigenvalue weighted by Gasteiger charge is 2.79. The van der Waals surface area contributed by atoms with Gasteiger partial charge in [-0.25, -0.2) is 0 Å². The van der Waals surface area contributed by atoms with Crippen LogP contribution in [0.15, 0.2) is 55.6 Å². The van der Waals surface area contributed by atoms with Crippen LogP contribution in [0.5, 0.6) is 0 Å². The number of unbranched alkanes of at least 4 members (excludes halogenated alkanes) is 2. The predicted octanol–water partition coefficient (Wildman–Crippen LogP) is 3.29. The summed E-state index contributed by atoms with van der Waals surface area (Å²) in [6.45, 7) is 12.0. The molecule has 1 N–H and O–H groups in total. The van der Waals surface area contributed by atoms with Gasteiger partial charge in [-0.2, -0.15) is 0 Å². The Morgan fingerprint density at radius 2 is 1.97 bits per heavy atom. The molecule has 0 aliphatic carbocycles. The third-order valence-electron chi connectivity index (χ3n) is 8.66. The van der Waals surface area contributed by atoms with Gasteiger partial charge in [-0.1, -0.05) is 68.8 Å². The molecule has 4 rings (SSSR count). The first kappa shape index (κ1) is 29.0. The zero-order valence-electron chi connectivity index (χ0n) is 23.2. The molecule has 2 amide bonds. The van der Waals surface area contributed by atoms with Crippen molar-refractivity contribution in [3.63, 3.8) is 0 Å². The number of nitrogens with zero attached hydrogens (tertiary/aromatic N) is 2. The summed E-state index contributed by atoms with van der Waals surface area (Å²) in [7, 11) is 0. The fourth-order valence-corrected chi connectivity index (χ4v) is 6.93. The quantitative estimate of drug-likeness (QED) is 0.222. The highest BCUT2D eigenvalue weighted by Crippen LogP contribution is 2.63. The van der Waals surface area contributed by atoms with Crippen LogP contribution in [0.4, 0.5) is 0 Å². The number of aliphatic hydroxyl groups excluding tert-OH is 1. The monoisotopic (exact) mass is 538 g/mol. The van der Waals surface area contributed by atoms with E-state index in [1.165, 1.54) is 11.0 Å². The number of rotatable bonds is 14. The fraction of sp³-hybridized carbons (Fsp3) is 0.581. The van der Waals surface area contributed by atoms with Gasteiger partial charge in [-0.15, -0.1) is 6.58 Å². The molecule has 1 aromatic rings. The number of fused-ring (bicyclic) bond motifs is 1. The van der Waals surface area contributed by atoms with Crippen molar-refractivity contribution < 1.29 is 29.0 Å². The second-order valence-electron chi connectivity index (χ2n) is 11.2. The van der Waals surface area contributed by atoms with Crippen LogP contribution < -0.4 is 0 Å². The zero-order valence-corrected chi connectivity index (χ0v) is 23.2. The molecule has 6 atom stereocenters. The van der Waals surface area contributed by atoms with Gasteiger partial charge in [0.05, 0.1) is 24.2 Å². The summed E-state index contributed by atoms with van der Waals surface area (Å²) in [6.07, 6.45) is 7.37. The van der Waals surface area contributed by atoms with Gasteiger partial charge < -0.3 is 24.4 Å². The van der Waals surface area contributed by atoms with Crippen LogP contribution in [0.25, 0.3) is 0 Å². The molecular weight excluding hydrogens is 496 g/mol. The van der Waals surface area contributed by atoms with E-state index in [2.05, 4.69) is 20.1 Å². The highest BCUT2D eigenvalue weighted by molar-refractivity contribution is 5.98. The normalized spacial score (nSPS) is 29.7. The van der Waals surface area contributed by atoms with E-state index in [1.807, 2.05) is 37.3 Å². The Balaban J connectivity index is 1.77. The van der Waals surface area contributed by atoms with Gasteiger partial charge in [0.2, 0.25) is 11.8 Å². The maximum absolute atomic E-state index is 14.4. The molecule has 2 bridgehead atoms. The van der Waals surface area contributed by atoms with Crippen molar-refractivity contribution in [2.24, 2.45) is 11.8 Å². The number of benzene rings is 1. The first-order valence-corrected chi connectivity index (χ1v) is 14.1. The van der Waals surface area contributed by atoms with Crippen molar-refractivity contribution in [1.29, 1.82) is 0 Å². The molecule has 3 fully saturated rings. The molecule has 212 valence electrons. The van der Waals surface area contributed by atoms with Gasteiger partial charge in [-0.05, 0) is 38.2 Å². The molecule has 3 aliphatic heterocycles. The minimum absolute atomic E-state index is 0.0310. The van der Waals surface area contributed by atoms with Crippen molar-refractivity contribution in [2.45, 2.75) is 75.7 Å².